The van der Waals surface area contributed by atoms with Crippen molar-refractivity contribution in [1.82, 2.24) is 25.3 Å². The largest absolute Gasteiger partial charge is 0.362 e. The lowest BCUT2D eigenvalue weighted by molar-refractivity contribution is 0.625. The number of aryl methyl sites for hydroxylation is 2. The normalized spacial score (nSPS) is 13.3. The van der Waals surface area contributed by atoms with Crippen LogP contribution in [-0.2, 0) is 19.5 Å². The maximum Gasteiger partial charge on any atom is 0.161 e. The Labute approximate surface area is 153 Å². The summed E-state index contributed by atoms with van der Waals surface area (Å²) in [6.45, 7) is 6.24. The number of aromatic nitrogens is 4. The minimum Gasteiger partial charge on any atom is -0.362 e. The first-order chi connectivity index (χ1) is 12.7. The first-order valence-corrected chi connectivity index (χ1v) is 8.90. The molecule has 132 valence electrons. The molecule has 6 nitrogen and oxygen atoms in total. The minimum atomic E-state index is 0.549. The van der Waals surface area contributed by atoms with E-state index in [1.807, 2.05) is 50.2 Å². The van der Waals surface area contributed by atoms with E-state index in [9.17, 15) is 0 Å². The smallest absolute Gasteiger partial charge is 0.161 e. The van der Waals surface area contributed by atoms with Crippen molar-refractivity contribution in [2.24, 2.45) is 0 Å². The van der Waals surface area contributed by atoms with Gasteiger partial charge in [-0.2, -0.15) is 0 Å². The van der Waals surface area contributed by atoms with E-state index in [1.54, 1.807) is 0 Å². The molecule has 0 spiro atoms. The Hall–Kier alpha value is -2.86. The first-order valence-electron chi connectivity index (χ1n) is 8.90. The zero-order valence-corrected chi connectivity index (χ0v) is 15.1. The second-order valence-corrected chi connectivity index (χ2v) is 6.53. The molecule has 1 aromatic carbocycles. The second kappa shape index (κ2) is 7.17. The van der Waals surface area contributed by atoms with Gasteiger partial charge in [0.1, 0.15) is 11.6 Å². The van der Waals surface area contributed by atoms with Crippen LogP contribution in [0.5, 0.6) is 0 Å². The minimum absolute atomic E-state index is 0.549. The van der Waals surface area contributed by atoms with E-state index < -0.39 is 0 Å². The quantitative estimate of drug-likeness (QED) is 0.757. The Morgan fingerprint density at radius 2 is 1.77 bits per heavy atom. The van der Waals surface area contributed by atoms with E-state index in [0.717, 1.165) is 59.6 Å². The van der Waals surface area contributed by atoms with Crippen molar-refractivity contribution >= 4 is 5.82 Å². The fourth-order valence-electron chi connectivity index (χ4n) is 3.26. The lowest BCUT2D eigenvalue weighted by Crippen LogP contribution is -2.26. The molecule has 26 heavy (non-hydrogen) atoms. The summed E-state index contributed by atoms with van der Waals surface area (Å²) in [5.74, 6) is 2.42. The predicted molar refractivity (Wildman–Crippen MR) is 102 cm³/mol. The molecule has 2 aromatic heterocycles. The summed E-state index contributed by atoms with van der Waals surface area (Å²) < 4.78 is 0. The summed E-state index contributed by atoms with van der Waals surface area (Å²) in [6.07, 6.45) is 0.917. The monoisotopic (exact) mass is 346 g/mol. The topological polar surface area (TPSA) is 75.6 Å². The van der Waals surface area contributed by atoms with Gasteiger partial charge in [-0.3, -0.25) is 0 Å². The summed E-state index contributed by atoms with van der Waals surface area (Å²) in [5, 5.41) is 6.84. The first kappa shape index (κ1) is 16.6. The molecule has 0 atom stereocenters. The van der Waals surface area contributed by atoms with Crippen LogP contribution in [0.15, 0.2) is 36.4 Å². The van der Waals surface area contributed by atoms with Gasteiger partial charge in [-0.25, -0.2) is 19.9 Å². The summed E-state index contributed by atoms with van der Waals surface area (Å²) in [6, 6.07) is 12.1. The fourth-order valence-corrected chi connectivity index (χ4v) is 3.26. The van der Waals surface area contributed by atoms with Gasteiger partial charge in [-0.15, -0.1) is 0 Å². The van der Waals surface area contributed by atoms with Crippen molar-refractivity contribution in [1.29, 1.82) is 0 Å². The third-order valence-corrected chi connectivity index (χ3v) is 4.41. The molecule has 6 heteroatoms. The van der Waals surface area contributed by atoms with Crippen LogP contribution >= 0.6 is 0 Å². The molecule has 0 saturated carbocycles. The fraction of sp³-hybridized carbons (Fsp3) is 0.300. The number of nitrogens with one attached hydrogen (secondary N) is 2. The summed E-state index contributed by atoms with van der Waals surface area (Å²) >= 11 is 0. The summed E-state index contributed by atoms with van der Waals surface area (Å²) in [4.78, 5) is 18.6. The van der Waals surface area contributed by atoms with Gasteiger partial charge < -0.3 is 10.6 Å². The lowest BCUT2D eigenvalue weighted by atomic mass is 10.1. The predicted octanol–water partition coefficient (Wildman–Crippen LogP) is 2.81. The van der Waals surface area contributed by atoms with Gasteiger partial charge in [-0.05, 0) is 32.9 Å². The van der Waals surface area contributed by atoms with Crippen molar-refractivity contribution in [3.05, 3.63) is 64.9 Å². The molecule has 1 aliphatic heterocycles. The second-order valence-electron chi connectivity index (χ2n) is 6.53. The average molecular weight is 346 g/mol. The van der Waals surface area contributed by atoms with E-state index >= 15 is 0 Å². The molecule has 0 fully saturated rings. The van der Waals surface area contributed by atoms with Crippen LogP contribution in [0.1, 0.15) is 28.5 Å². The molecule has 0 amide bonds. The zero-order chi connectivity index (χ0) is 17.9. The van der Waals surface area contributed by atoms with Gasteiger partial charge in [0.05, 0.1) is 12.2 Å². The van der Waals surface area contributed by atoms with E-state index in [4.69, 9.17) is 9.97 Å². The Kier molecular flexibility index (Phi) is 4.58. The van der Waals surface area contributed by atoms with E-state index in [-0.39, 0.29) is 0 Å². The molecular formula is C20H22N6. The lowest BCUT2D eigenvalue weighted by Gasteiger charge is -2.20. The number of anilines is 1. The van der Waals surface area contributed by atoms with Crippen LogP contribution in [0, 0.1) is 13.8 Å². The van der Waals surface area contributed by atoms with Gasteiger partial charge in [0, 0.05) is 29.1 Å². The molecule has 0 saturated heterocycles. The number of hydrogen-bond acceptors (Lipinski definition) is 6. The van der Waals surface area contributed by atoms with E-state index in [2.05, 4.69) is 20.6 Å². The summed E-state index contributed by atoms with van der Waals surface area (Å²) in [7, 11) is 0. The molecule has 3 aromatic rings. The highest BCUT2D eigenvalue weighted by Crippen LogP contribution is 2.25. The van der Waals surface area contributed by atoms with Crippen LogP contribution in [0.3, 0.4) is 0 Å². The highest BCUT2D eigenvalue weighted by Gasteiger charge is 2.18. The van der Waals surface area contributed by atoms with Crippen LogP contribution in [0.25, 0.3) is 11.4 Å². The maximum atomic E-state index is 4.81. The Bertz CT molecular complexity index is 903. The van der Waals surface area contributed by atoms with Crippen LogP contribution in [0.4, 0.5) is 5.82 Å². The summed E-state index contributed by atoms with van der Waals surface area (Å²) in [5.41, 5.74) is 5.23. The van der Waals surface area contributed by atoms with Crippen LogP contribution < -0.4 is 10.6 Å². The zero-order valence-electron chi connectivity index (χ0n) is 15.1. The van der Waals surface area contributed by atoms with Crippen molar-refractivity contribution in [2.75, 3.05) is 11.9 Å². The number of fused-ring (bicyclic) bond motifs is 1. The third-order valence-electron chi connectivity index (χ3n) is 4.41. The van der Waals surface area contributed by atoms with Gasteiger partial charge in [0.2, 0.25) is 0 Å². The van der Waals surface area contributed by atoms with Crippen LogP contribution in [0.2, 0.25) is 0 Å². The third kappa shape index (κ3) is 3.55. The van der Waals surface area contributed by atoms with E-state index in [1.165, 1.54) is 5.56 Å². The molecule has 2 N–H and O–H groups in total. The van der Waals surface area contributed by atoms with E-state index in [0.29, 0.717) is 6.54 Å². The molecule has 0 bridgehead atoms. The van der Waals surface area contributed by atoms with Crippen molar-refractivity contribution in [3.8, 4) is 11.4 Å². The van der Waals surface area contributed by atoms with Gasteiger partial charge in [0.25, 0.3) is 0 Å². The standard InChI is InChI=1S/C20H22N6/c1-13-10-14(2)24-18(23-13)12-22-20-16-8-9-21-11-17(16)25-19(26-20)15-6-4-3-5-7-15/h3-7,10,21H,8-9,11-12H2,1-2H3,(H,22,25,26). The Morgan fingerprint density at radius 3 is 2.54 bits per heavy atom. The Morgan fingerprint density at radius 1 is 1.00 bits per heavy atom. The van der Waals surface area contributed by atoms with Crippen LogP contribution in [-0.4, -0.2) is 26.5 Å². The van der Waals surface area contributed by atoms with Gasteiger partial charge in [0.15, 0.2) is 5.82 Å². The number of rotatable bonds is 4. The van der Waals surface area contributed by atoms with Crippen molar-refractivity contribution in [3.63, 3.8) is 0 Å². The number of hydrogen-bond donors (Lipinski definition) is 2. The molecule has 1 aliphatic rings. The van der Waals surface area contributed by atoms with Crippen molar-refractivity contribution in [2.45, 2.75) is 33.4 Å². The molecule has 0 unspecified atom stereocenters. The highest BCUT2D eigenvalue weighted by atomic mass is 15.1. The SMILES string of the molecule is Cc1cc(C)nc(CNc2nc(-c3ccccc3)nc3c2CCNC3)n1. The maximum absolute atomic E-state index is 4.81. The molecule has 4 rings (SSSR count). The molecule has 0 aliphatic carbocycles. The van der Waals surface area contributed by atoms with Crippen molar-refractivity contribution < 1.29 is 0 Å². The average Bonchev–Trinajstić information content (AvgIpc) is 2.66. The highest BCUT2D eigenvalue weighted by molar-refractivity contribution is 5.60. The molecule has 0 radical (unpaired) electrons. The van der Waals surface area contributed by atoms with Gasteiger partial charge >= 0.3 is 0 Å². The molecule has 3 heterocycles. The Balaban J connectivity index is 1.67. The van der Waals surface area contributed by atoms with Gasteiger partial charge in [-0.1, -0.05) is 30.3 Å². The number of nitrogens with zero attached hydrogens (tertiary/aromatic N) is 4. The molecular weight excluding hydrogens is 324 g/mol. The number of benzene rings is 1.